The monoisotopic (exact) mass is 387 g/mol. The minimum atomic E-state index is 0.811. The van der Waals surface area contributed by atoms with Crippen LogP contribution in [0.5, 0.6) is 0 Å². The first kappa shape index (κ1) is 18.9. The fourth-order valence-corrected chi connectivity index (χ4v) is 5.17. The summed E-state index contributed by atoms with van der Waals surface area (Å²) in [6.45, 7) is 5.68. The molecule has 1 saturated heterocycles. The summed E-state index contributed by atoms with van der Waals surface area (Å²) >= 11 is 0. The molecule has 1 aliphatic heterocycles. The summed E-state index contributed by atoms with van der Waals surface area (Å²) in [5.41, 5.74) is 7.25. The number of nitrogens with one attached hydrogen (secondary N) is 2. The Bertz CT molecular complexity index is 935. The van der Waals surface area contributed by atoms with Crippen LogP contribution >= 0.6 is 0 Å². The third kappa shape index (κ3) is 4.41. The zero-order valence-electron chi connectivity index (χ0n) is 17.4. The maximum atomic E-state index is 3.74. The van der Waals surface area contributed by atoms with Crippen LogP contribution in [0.25, 0.3) is 10.9 Å². The van der Waals surface area contributed by atoms with Gasteiger partial charge in [-0.25, -0.2) is 0 Å². The third-order valence-electron chi connectivity index (χ3n) is 6.88. The molecule has 29 heavy (non-hydrogen) atoms. The average molecular weight is 388 g/mol. The van der Waals surface area contributed by atoms with Gasteiger partial charge in [0.2, 0.25) is 0 Å². The van der Waals surface area contributed by atoms with Crippen molar-refractivity contribution in [2.75, 3.05) is 19.6 Å². The number of H-pyrrole nitrogens is 1. The van der Waals surface area contributed by atoms with Gasteiger partial charge in [0, 0.05) is 29.7 Å². The second-order valence-corrected chi connectivity index (χ2v) is 9.01. The number of aryl methyl sites for hydroxylation is 2. The maximum absolute atomic E-state index is 3.74. The van der Waals surface area contributed by atoms with Crippen molar-refractivity contribution in [3.05, 3.63) is 70.9 Å². The number of likely N-dealkylation sites (tertiary alicyclic amines) is 1. The minimum absolute atomic E-state index is 0.811. The molecule has 1 fully saturated rings. The number of rotatable bonds is 6. The van der Waals surface area contributed by atoms with E-state index in [2.05, 4.69) is 63.7 Å². The number of fused-ring (bicyclic) bond motifs is 3. The zero-order valence-corrected chi connectivity index (χ0v) is 17.4. The predicted octanol–water partition coefficient (Wildman–Crippen LogP) is 5.05. The Morgan fingerprint density at radius 1 is 0.931 bits per heavy atom. The number of hydrogen-bond donors (Lipinski definition) is 2. The highest BCUT2D eigenvalue weighted by Gasteiger charge is 2.19. The van der Waals surface area contributed by atoms with E-state index in [1.54, 1.807) is 5.56 Å². The number of piperidine rings is 1. The van der Waals surface area contributed by atoms with Crippen molar-refractivity contribution >= 4 is 10.9 Å². The summed E-state index contributed by atoms with van der Waals surface area (Å²) in [7, 11) is 0. The molecule has 0 bridgehead atoms. The van der Waals surface area contributed by atoms with Gasteiger partial charge in [0.1, 0.15) is 0 Å². The Hall–Kier alpha value is -2.10. The second kappa shape index (κ2) is 8.73. The van der Waals surface area contributed by atoms with E-state index >= 15 is 0 Å². The Kier molecular flexibility index (Phi) is 5.69. The van der Waals surface area contributed by atoms with Crippen molar-refractivity contribution in [1.29, 1.82) is 0 Å². The van der Waals surface area contributed by atoms with Crippen LogP contribution in [0.15, 0.2) is 48.5 Å². The summed E-state index contributed by atoms with van der Waals surface area (Å²) in [5.74, 6) is 0.811. The van der Waals surface area contributed by atoms with E-state index in [1.807, 2.05) is 0 Å². The van der Waals surface area contributed by atoms with Crippen molar-refractivity contribution in [3.63, 3.8) is 0 Å². The Morgan fingerprint density at radius 2 is 1.76 bits per heavy atom. The van der Waals surface area contributed by atoms with Gasteiger partial charge in [-0.15, -0.1) is 0 Å². The second-order valence-electron chi connectivity index (χ2n) is 9.01. The van der Waals surface area contributed by atoms with E-state index in [9.17, 15) is 0 Å². The van der Waals surface area contributed by atoms with E-state index in [-0.39, 0.29) is 0 Å². The molecule has 2 heterocycles. The molecular weight excluding hydrogens is 354 g/mol. The molecule has 0 spiro atoms. The van der Waals surface area contributed by atoms with Crippen molar-refractivity contribution in [2.24, 2.45) is 5.92 Å². The van der Waals surface area contributed by atoms with Gasteiger partial charge in [-0.1, -0.05) is 36.4 Å². The van der Waals surface area contributed by atoms with Gasteiger partial charge in [-0.2, -0.15) is 0 Å². The summed E-state index contributed by atoms with van der Waals surface area (Å²) in [6.07, 6.45) is 7.76. The van der Waals surface area contributed by atoms with Crippen LogP contribution in [0.3, 0.4) is 0 Å². The molecule has 2 aromatic carbocycles. The Morgan fingerprint density at radius 3 is 2.62 bits per heavy atom. The Labute approximate surface area is 174 Å². The molecule has 1 aromatic heterocycles. The van der Waals surface area contributed by atoms with Crippen molar-refractivity contribution in [1.82, 2.24) is 15.2 Å². The standard InChI is InChI=1S/C26H33N3/c1-2-6-21(7-3-1)19-29-14-12-20(13-15-29)17-27-18-22-10-11-26-24(16-22)23-8-4-5-9-25(23)28-26/h1-3,6-7,10-11,16,20,27-28H,4-5,8-9,12-15,17-19H2. The number of aromatic nitrogens is 1. The first-order chi connectivity index (χ1) is 14.3. The van der Waals surface area contributed by atoms with Gasteiger partial charge in [0.15, 0.2) is 0 Å². The summed E-state index contributed by atoms with van der Waals surface area (Å²) < 4.78 is 0. The van der Waals surface area contributed by atoms with Crippen LogP contribution in [0, 0.1) is 5.92 Å². The predicted molar refractivity (Wildman–Crippen MR) is 121 cm³/mol. The van der Waals surface area contributed by atoms with Gasteiger partial charge in [0.05, 0.1) is 0 Å². The van der Waals surface area contributed by atoms with Crippen molar-refractivity contribution in [3.8, 4) is 0 Å². The molecule has 0 radical (unpaired) electrons. The van der Waals surface area contributed by atoms with Crippen LogP contribution in [-0.2, 0) is 25.9 Å². The first-order valence-corrected chi connectivity index (χ1v) is 11.4. The Balaban J connectivity index is 1.10. The van der Waals surface area contributed by atoms with Gasteiger partial charge in [0.25, 0.3) is 0 Å². The quantitative estimate of drug-likeness (QED) is 0.620. The molecular formula is C26H33N3. The largest absolute Gasteiger partial charge is 0.358 e. The lowest BCUT2D eigenvalue weighted by Gasteiger charge is -2.32. The molecule has 1 aliphatic carbocycles. The normalized spacial score (nSPS) is 18.2. The van der Waals surface area contributed by atoms with Gasteiger partial charge in [-0.05, 0) is 92.9 Å². The zero-order chi connectivity index (χ0) is 19.5. The molecule has 0 unspecified atom stereocenters. The molecule has 2 N–H and O–H groups in total. The topological polar surface area (TPSA) is 31.1 Å². The molecule has 3 nitrogen and oxygen atoms in total. The van der Waals surface area contributed by atoms with Crippen LogP contribution in [0.2, 0.25) is 0 Å². The molecule has 0 amide bonds. The number of nitrogens with zero attached hydrogens (tertiary/aromatic N) is 1. The SMILES string of the molecule is c1ccc(CN2CCC(CNCc3ccc4[nH]c5c(c4c3)CCCC5)CC2)cc1. The van der Waals surface area contributed by atoms with Crippen LogP contribution in [-0.4, -0.2) is 29.5 Å². The number of hydrogen-bond acceptors (Lipinski definition) is 2. The van der Waals surface area contributed by atoms with Crippen molar-refractivity contribution in [2.45, 2.75) is 51.6 Å². The lowest BCUT2D eigenvalue weighted by Crippen LogP contribution is -2.36. The van der Waals surface area contributed by atoms with Crippen LogP contribution in [0.1, 0.15) is 48.1 Å². The van der Waals surface area contributed by atoms with E-state index < -0.39 is 0 Å². The highest BCUT2D eigenvalue weighted by molar-refractivity contribution is 5.85. The average Bonchev–Trinajstić information content (AvgIpc) is 3.14. The van der Waals surface area contributed by atoms with E-state index in [1.165, 1.54) is 79.3 Å². The highest BCUT2D eigenvalue weighted by Crippen LogP contribution is 2.29. The van der Waals surface area contributed by atoms with Gasteiger partial charge < -0.3 is 10.3 Å². The number of aromatic amines is 1. The molecule has 0 saturated carbocycles. The fourth-order valence-electron chi connectivity index (χ4n) is 5.17. The molecule has 3 aromatic rings. The molecule has 3 heteroatoms. The molecule has 0 atom stereocenters. The summed E-state index contributed by atoms with van der Waals surface area (Å²) in [5, 5.41) is 5.21. The van der Waals surface area contributed by atoms with Gasteiger partial charge >= 0.3 is 0 Å². The van der Waals surface area contributed by atoms with Crippen molar-refractivity contribution < 1.29 is 0 Å². The maximum Gasteiger partial charge on any atom is 0.0459 e. The number of benzene rings is 2. The van der Waals surface area contributed by atoms with Crippen LogP contribution in [0.4, 0.5) is 0 Å². The first-order valence-electron chi connectivity index (χ1n) is 11.4. The summed E-state index contributed by atoms with van der Waals surface area (Å²) in [4.78, 5) is 6.25. The van der Waals surface area contributed by atoms with Crippen LogP contribution < -0.4 is 5.32 Å². The van der Waals surface area contributed by atoms with E-state index in [0.29, 0.717) is 0 Å². The fraction of sp³-hybridized carbons (Fsp3) is 0.462. The molecule has 2 aliphatic rings. The van der Waals surface area contributed by atoms with E-state index in [4.69, 9.17) is 0 Å². The summed E-state index contributed by atoms with van der Waals surface area (Å²) in [6, 6.07) is 17.9. The molecule has 152 valence electrons. The smallest absolute Gasteiger partial charge is 0.0459 e. The minimum Gasteiger partial charge on any atom is -0.358 e. The highest BCUT2D eigenvalue weighted by atomic mass is 15.1. The third-order valence-corrected chi connectivity index (χ3v) is 6.88. The lowest BCUT2D eigenvalue weighted by molar-refractivity contribution is 0.175. The van der Waals surface area contributed by atoms with Gasteiger partial charge in [-0.3, -0.25) is 4.90 Å². The lowest BCUT2D eigenvalue weighted by atomic mass is 9.95. The molecule has 5 rings (SSSR count). The van der Waals surface area contributed by atoms with E-state index in [0.717, 1.165) is 25.6 Å².